The van der Waals surface area contributed by atoms with Crippen molar-refractivity contribution in [2.75, 3.05) is 0 Å². The molecule has 0 unspecified atom stereocenters. The third-order valence-corrected chi connectivity index (χ3v) is 7.42. The summed E-state index contributed by atoms with van der Waals surface area (Å²) >= 11 is 0. The van der Waals surface area contributed by atoms with Crippen molar-refractivity contribution in [1.82, 2.24) is 0 Å². The van der Waals surface area contributed by atoms with E-state index in [9.17, 15) is 19.8 Å². The highest BCUT2D eigenvalue weighted by Gasteiger charge is 2.42. The van der Waals surface area contributed by atoms with E-state index in [2.05, 4.69) is 19.6 Å². The molecule has 0 aromatic heterocycles. The van der Waals surface area contributed by atoms with E-state index < -0.39 is 48.6 Å². The Morgan fingerprint density at radius 1 is 0.947 bits per heavy atom. The van der Waals surface area contributed by atoms with Crippen LogP contribution in [0.3, 0.4) is 0 Å². The van der Waals surface area contributed by atoms with Crippen LogP contribution in [0.5, 0.6) is 0 Å². The number of ether oxygens (including phenoxy) is 4. The predicted molar refractivity (Wildman–Crippen MR) is 141 cm³/mol. The summed E-state index contributed by atoms with van der Waals surface area (Å²) < 4.78 is 23.3. The van der Waals surface area contributed by atoms with Crippen LogP contribution in [0.1, 0.15) is 58.8 Å². The van der Waals surface area contributed by atoms with Crippen molar-refractivity contribution in [3.8, 4) is 0 Å². The fourth-order valence-corrected chi connectivity index (χ4v) is 5.63. The fraction of sp³-hybridized carbons (Fsp3) is 0.600. The second kappa shape index (κ2) is 13.0. The zero-order valence-corrected chi connectivity index (χ0v) is 22.2. The van der Waals surface area contributed by atoms with Gasteiger partial charge < -0.3 is 29.2 Å². The Morgan fingerprint density at radius 3 is 2.55 bits per heavy atom. The molecular formula is C30H40O8. The highest BCUT2D eigenvalue weighted by atomic mass is 16.6. The smallest absolute Gasteiger partial charge is 0.331 e. The fourth-order valence-electron chi connectivity index (χ4n) is 5.63. The number of hydrogen-bond acceptors (Lipinski definition) is 8. The SMILES string of the molecule is C=C1C[C@H](C)C[C@@H]2CC=C[C@@H](C/C=C\C(=O)O[C@H]3C[C@@H](O[C@H]3/C=C/[C@@H]3CC(C)=CC(=O)O3)[C@@H](O)[C@@H](O)C1)O2. The molecule has 0 amide bonds. The molecule has 0 radical (unpaired) electrons. The summed E-state index contributed by atoms with van der Waals surface area (Å²) in [6.07, 6.45) is 11.4. The van der Waals surface area contributed by atoms with Crippen molar-refractivity contribution in [1.29, 1.82) is 0 Å². The molecule has 4 aliphatic rings. The van der Waals surface area contributed by atoms with Gasteiger partial charge >= 0.3 is 11.9 Å². The summed E-state index contributed by atoms with van der Waals surface area (Å²) in [4.78, 5) is 24.4. The number of carbonyl (C=O) groups is 2. The van der Waals surface area contributed by atoms with Gasteiger partial charge in [0, 0.05) is 25.0 Å². The quantitative estimate of drug-likeness (QED) is 0.413. The first-order valence-electron chi connectivity index (χ1n) is 13.6. The molecule has 0 saturated carbocycles. The number of cyclic esters (lactones) is 1. The molecule has 9 atom stereocenters. The predicted octanol–water partition coefficient (Wildman–Crippen LogP) is 3.63. The Morgan fingerprint density at radius 2 is 1.76 bits per heavy atom. The van der Waals surface area contributed by atoms with Gasteiger partial charge in [-0.2, -0.15) is 0 Å². The maximum Gasteiger partial charge on any atom is 0.331 e. The number of aliphatic hydroxyl groups excluding tert-OH is 2. The molecule has 4 bridgehead atoms. The summed E-state index contributed by atoms with van der Waals surface area (Å²) in [6, 6.07) is 0. The van der Waals surface area contributed by atoms with E-state index in [1.165, 1.54) is 12.2 Å². The number of rotatable bonds is 2. The molecule has 2 N–H and O–H groups in total. The van der Waals surface area contributed by atoms with Crippen molar-refractivity contribution in [2.24, 2.45) is 5.92 Å². The molecule has 4 rings (SSSR count). The van der Waals surface area contributed by atoms with Crippen LogP contribution >= 0.6 is 0 Å². The summed E-state index contributed by atoms with van der Waals surface area (Å²) in [5.41, 5.74) is 1.77. The normalized spacial score (nSPS) is 40.2. The largest absolute Gasteiger partial charge is 0.456 e. The minimum Gasteiger partial charge on any atom is -0.456 e. The Kier molecular flexibility index (Phi) is 9.76. The molecule has 1 saturated heterocycles. The maximum absolute atomic E-state index is 12.7. The van der Waals surface area contributed by atoms with Gasteiger partial charge in [0.25, 0.3) is 0 Å². The lowest BCUT2D eigenvalue weighted by Gasteiger charge is -2.28. The van der Waals surface area contributed by atoms with Crippen LogP contribution in [0.25, 0.3) is 0 Å². The van der Waals surface area contributed by atoms with Crippen molar-refractivity contribution >= 4 is 11.9 Å². The van der Waals surface area contributed by atoms with Gasteiger partial charge in [0.1, 0.15) is 24.4 Å². The third kappa shape index (κ3) is 7.99. The molecule has 0 spiro atoms. The van der Waals surface area contributed by atoms with Crippen LogP contribution in [-0.2, 0) is 28.5 Å². The Hall–Kier alpha value is -2.52. The summed E-state index contributed by atoms with van der Waals surface area (Å²) in [5.74, 6) is -0.612. The molecule has 8 heteroatoms. The first-order chi connectivity index (χ1) is 18.2. The first kappa shape index (κ1) is 28.5. The van der Waals surface area contributed by atoms with E-state index in [0.29, 0.717) is 18.8 Å². The summed E-state index contributed by atoms with van der Waals surface area (Å²) in [6.45, 7) is 8.14. The molecule has 0 aromatic rings. The van der Waals surface area contributed by atoms with Crippen LogP contribution in [0.4, 0.5) is 0 Å². The Bertz CT molecular complexity index is 994. The molecular weight excluding hydrogens is 488 g/mol. The van der Waals surface area contributed by atoms with Gasteiger partial charge in [-0.05, 0) is 51.0 Å². The van der Waals surface area contributed by atoms with E-state index in [1.54, 1.807) is 18.2 Å². The van der Waals surface area contributed by atoms with Crippen molar-refractivity contribution < 1.29 is 38.7 Å². The molecule has 1 fully saturated rings. The van der Waals surface area contributed by atoms with Gasteiger partial charge in [-0.3, -0.25) is 0 Å². The van der Waals surface area contributed by atoms with Crippen molar-refractivity contribution in [3.63, 3.8) is 0 Å². The standard InChI is InChI=1S/C30H40O8/c1-18-12-19(2)15-24(31)30(34)27-17-26(25(37-27)11-10-23-14-20(3)16-29(33)36-23)38-28(32)9-5-7-21-6-4-8-22(13-18)35-21/h4-6,9-11,16,18,21-27,30-31,34H,2,7-8,12-15,17H2,1,3H3/b9-5-,11-10+/t18-,21-,22-,23+,24-,25-,26-,27+,30-/m0/s1. The van der Waals surface area contributed by atoms with E-state index in [-0.39, 0.29) is 25.0 Å². The summed E-state index contributed by atoms with van der Waals surface area (Å²) in [7, 11) is 0. The first-order valence-corrected chi connectivity index (χ1v) is 13.6. The minimum absolute atomic E-state index is 0.0852. The zero-order valence-electron chi connectivity index (χ0n) is 22.2. The zero-order chi connectivity index (χ0) is 27.2. The number of esters is 2. The van der Waals surface area contributed by atoms with Gasteiger partial charge in [-0.25, -0.2) is 9.59 Å². The molecule has 208 valence electrons. The van der Waals surface area contributed by atoms with Gasteiger partial charge in [0.05, 0.1) is 24.4 Å². The van der Waals surface area contributed by atoms with Crippen molar-refractivity contribution in [2.45, 2.75) is 108 Å². The van der Waals surface area contributed by atoms with E-state index in [4.69, 9.17) is 18.9 Å². The van der Waals surface area contributed by atoms with Crippen LogP contribution in [0, 0.1) is 5.92 Å². The molecule has 0 aromatic carbocycles. The lowest BCUT2D eigenvalue weighted by atomic mass is 9.90. The molecule has 38 heavy (non-hydrogen) atoms. The number of carbonyl (C=O) groups excluding carboxylic acids is 2. The van der Waals surface area contributed by atoms with Gasteiger partial charge in [-0.15, -0.1) is 0 Å². The number of aliphatic hydroxyl groups is 2. The highest BCUT2D eigenvalue weighted by Crippen LogP contribution is 2.31. The second-order valence-electron chi connectivity index (χ2n) is 11.1. The van der Waals surface area contributed by atoms with Crippen LogP contribution in [0.2, 0.25) is 0 Å². The van der Waals surface area contributed by atoms with E-state index >= 15 is 0 Å². The average Bonchev–Trinajstić information content (AvgIpc) is 3.23. The molecule has 4 aliphatic heterocycles. The van der Waals surface area contributed by atoms with Gasteiger partial charge in [-0.1, -0.05) is 49.0 Å². The van der Waals surface area contributed by atoms with Crippen molar-refractivity contribution in [3.05, 3.63) is 60.3 Å². The second-order valence-corrected chi connectivity index (χ2v) is 11.1. The van der Waals surface area contributed by atoms with Gasteiger partial charge in [0.15, 0.2) is 0 Å². The van der Waals surface area contributed by atoms with Crippen LogP contribution in [-0.4, -0.2) is 71.0 Å². The Labute approximate surface area is 224 Å². The number of hydrogen-bond donors (Lipinski definition) is 2. The molecule has 4 heterocycles. The molecule has 8 nitrogen and oxygen atoms in total. The Balaban J connectivity index is 1.50. The van der Waals surface area contributed by atoms with Gasteiger partial charge in [0.2, 0.25) is 0 Å². The highest BCUT2D eigenvalue weighted by molar-refractivity contribution is 5.84. The third-order valence-electron chi connectivity index (χ3n) is 7.42. The van der Waals surface area contributed by atoms with E-state index in [1.807, 2.05) is 13.0 Å². The average molecular weight is 529 g/mol. The number of fused-ring (bicyclic) bond motifs is 4. The maximum atomic E-state index is 12.7. The molecule has 0 aliphatic carbocycles. The lowest BCUT2D eigenvalue weighted by molar-refractivity contribution is -0.144. The lowest BCUT2D eigenvalue weighted by Crippen LogP contribution is -2.37. The summed E-state index contributed by atoms with van der Waals surface area (Å²) in [5, 5.41) is 21.7. The van der Waals surface area contributed by atoms with Crippen LogP contribution < -0.4 is 0 Å². The van der Waals surface area contributed by atoms with E-state index in [0.717, 1.165) is 30.4 Å². The van der Waals surface area contributed by atoms with Crippen LogP contribution in [0.15, 0.2) is 60.3 Å². The monoisotopic (exact) mass is 528 g/mol. The topological polar surface area (TPSA) is 112 Å². The minimum atomic E-state index is -1.18.